The number of amides is 2. The molecule has 0 aromatic heterocycles. The number of ether oxygens (including phenoxy) is 2. The molecule has 2 aromatic rings. The number of benzene rings is 2. The molecule has 1 aliphatic carbocycles. The van der Waals surface area contributed by atoms with Crippen molar-refractivity contribution < 1.29 is 19.1 Å². The number of hydrogen-bond acceptors (Lipinski definition) is 4. The Morgan fingerprint density at radius 2 is 1.80 bits per heavy atom. The van der Waals surface area contributed by atoms with Gasteiger partial charge in [-0.25, -0.2) is 0 Å². The van der Waals surface area contributed by atoms with Crippen LogP contribution >= 0.6 is 0 Å². The molecular formula is C29H40N2O4. The highest BCUT2D eigenvalue weighted by Crippen LogP contribution is 2.26. The molecule has 1 N–H and O–H groups in total. The third kappa shape index (κ3) is 7.48. The molecule has 1 saturated carbocycles. The van der Waals surface area contributed by atoms with Crippen LogP contribution in [0.2, 0.25) is 0 Å². The molecule has 1 aliphatic rings. The lowest BCUT2D eigenvalue weighted by atomic mass is 9.95. The summed E-state index contributed by atoms with van der Waals surface area (Å²) in [5.74, 6) is 1.41. The molecule has 0 spiro atoms. The van der Waals surface area contributed by atoms with Gasteiger partial charge in [0.1, 0.15) is 17.5 Å². The molecule has 0 heterocycles. The van der Waals surface area contributed by atoms with Gasteiger partial charge >= 0.3 is 0 Å². The first-order valence-electron chi connectivity index (χ1n) is 12.9. The molecule has 3 rings (SSSR count). The fraction of sp³-hybridized carbons (Fsp3) is 0.517. The van der Waals surface area contributed by atoms with Gasteiger partial charge in [-0.15, -0.1) is 0 Å². The Kier molecular flexibility index (Phi) is 10.0. The van der Waals surface area contributed by atoms with Gasteiger partial charge < -0.3 is 19.7 Å². The summed E-state index contributed by atoms with van der Waals surface area (Å²) < 4.78 is 11.4. The summed E-state index contributed by atoms with van der Waals surface area (Å²) in [7, 11) is 1.62. The Hall–Kier alpha value is -3.02. The van der Waals surface area contributed by atoms with Crippen molar-refractivity contribution in [3.05, 3.63) is 59.7 Å². The molecule has 0 radical (unpaired) electrons. The van der Waals surface area contributed by atoms with E-state index in [2.05, 4.69) is 19.2 Å². The topological polar surface area (TPSA) is 67.9 Å². The molecule has 190 valence electrons. The minimum absolute atomic E-state index is 0.0850. The van der Waals surface area contributed by atoms with Crippen LogP contribution in [0.15, 0.2) is 48.5 Å². The molecule has 6 nitrogen and oxygen atoms in total. The normalized spacial score (nSPS) is 14.9. The first-order chi connectivity index (χ1) is 16.9. The highest BCUT2D eigenvalue weighted by atomic mass is 16.5. The molecular weight excluding hydrogens is 440 g/mol. The zero-order valence-corrected chi connectivity index (χ0v) is 21.6. The maximum Gasteiger partial charge on any atom is 0.261 e. The maximum atomic E-state index is 13.5. The van der Waals surface area contributed by atoms with Gasteiger partial charge in [-0.05, 0) is 54.5 Å². The minimum Gasteiger partial charge on any atom is -0.497 e. The van der Waals surface area contributed by atoms with Crippen molar-refractivity contribution in [3.8, 4) is 11.5 Å². The molecule has 2 aromatic carbocycles. The largest absolute Gasteiger partial charge is 0.497 e. The monoisotopic (exact) mass is 480 g/mol. The second-order valence-electron chi connectivity index (χ2n) is 9.62. The third-order valence-electron chi connectivity index (χ3n) is 6.72. The molecule has 0 aliphatic heterocycles. The van der Waals surface area contributed by atoms with E-state index in [0.717, 1.165) is 42.6 Å². The molecule has 2 amide bonds. The van der Waals surface area contributed by atoms with Crippen LogP contribution in [-0.4, -0.2) is 42.5 Å². The summed E-state index contributed by atoms with van der Waals surface area (Å²) in [6.45, 7) is 6.33. The van der Waals surface area contributed by atoms with Gasteiger partial charge in [-0.3, -0.25) is 9.59 Å². The van der Waals surface area contributed by atoms with Crippen LogP contribution in [-0.2, 0) is 16.1 Å². The van der Waals surface area contributed by atoms with Gasteiger partial charge in [0.15, 0.2) is 6.61 Å². The van der Waals surface area contributed by atoms with E-state index >= 15 is 0 Å². The van der Waals surface area contributed by atoms with Crippen LogP contribution < -0.4 is 14.8 Å². The van der Waals surface area contributed by atoms with Crippen LogP contribution in [0.3, 0.4) is 0 Å². The van der Waals surface area contributed by atoms with E-state index in [-0.39, 0.29) is 30.4 Å². The average molecular weight is 481 g/mol. The number of nitrogens with one attached hydrogen (secondary N) is 1. The Morgan fingerprint density at radius 3 is 2.49 bits per heavy atom. The van der Waals surface area contributed by atoms with Gasteiger partial charge in [0.25, 0.3) is 5.91 Å². The first-order valence-corrected chi connectivity index (χ1v) is 12.9. The number of nitrogens with zero attached hydrogens (tertiary/aromatic N) is 1. The molecule has 0 saturated heterocycles. The number of hydrogen-bond donors (Lipinski definition) is 1. The van der Waals surface area contributed by atoms with Crippen LogP contribution in [0.4, 0.5) is 0 Å². The number of carbonyl (C=O) groups excluding carboxylic acids is 2. The minimum atomic E-state index is -0.570. The predicted molar refractivity (Wildman–Crippen MR) is 139 cm³/mol. The van der Waals surface area contributed by atoms with Crippen LogP contribution in [0, 0.1) is 0 Å². The highest BCUT2D eigenvalue weighted by Gasteiger charge is 2.30. The zero-order chi connectivity index (χ0) is 25.2. The number of rotatable bonds is 11. The summed E-state index contributed by atoms with van der Waals surface area (Å²) in [4.78, 5) is 28.5. The quantitative estimate of drug-likeness (QED) is 0.464. The van der Waals surface area contributed by atoms with E-state index in [9.17, 15) is 9.59 Å². The summed E-state index contributed by atoms with van der Waals surface area (Å²) in [5.41, 5.74) is 1.96. The molecule has 1 fully saturated rings. The zero-order valence-electron chi connectivity index (χ0n) is 21.6. The number of para-hydroxylation sites is 1. The lowest BCUT2D eigenvalue weighted by molar-refractivity contribution is -0.143. The first kappa shape index (κ1) is 26.6. The third-order valence-corrected chi connectivity index (χ3v) is 6.72. The summed E-state index contributed by atoms with van der Waals surface area (Å²) in [6, 6.07) is 15.0. The fourth-order valence-electron chi connectivity index (χ4n) is 4.74. The van der Waals surface area contributed by atoms with Crippen molar-refractivity contribution in [3.63, 3.8) is 0 Å². The van der Waals surface area contributed by atoms with E-state index in [1.54, 1.807) is 12.0 Å². The molecule has 35 heavy (non-hydrogen) atoms. The SMILES string of the molecule is CCC(C(=O)NC1CCCCC1)N(Cc1cccc(OC)c1)C(=O)COc1ccccc1C(C)C. The van der Waals surface area contributed by atoms with Crippen molar-refractivity contribution >= 4 is 11.8 Å². The van der Waals surface area contributed by atoms with Gasteiger partial charge in [0.05, 0.1) is 7.11 Å². The van der Waals surface area contributed by atoms with Gasteiger partial charge in [-0.1, -0.05) is 70.4 Å². The standard InChI is InChI=1S/C29H40N2O4/c1-5-26(29(33)30-23-13-7-6-8-14-23)31(19-22-12-11-15-24(18-22)34-4)28(32)20-35-27-17-10-9-16-25(27)21(2)3/h9-12,15-18,21,23,26H,5-8,13-14,19-20H2,1-4H3,(H,30,33). The predicted octanol–water partition coefficient (Wildman–Crippen LogP) is 5.45. The lowest BCUT2D eigenvalue weighted by Crippen LogP contribution is -2.52. The number of carbonyl (C=O) groups is 2. The number of methoxy groups -OCH3 is 1. The summed E-state index contributed by atoms with van der Waals surface area (Å²) in [6.07, 6.45) is 6.02. The van der Waals surface area contributed by atoms with E-state index in [1.807, 2.05) is 55.5 Å². The van der Waals surface area contributed by atoms with Crippen molar-refractivity contribution in [1.82, 2.24) is 10.2 Å². The van der Waals surface area contributed by atoms with Crippen molar-refractivity contribution in [1.29, 1.82) is 0 Å². The van der Waals surface area contributed by atoms with Crippen LogP contribution in [0.5, 0.6) is 11.5 Å². The van der Waals surface area contributed by atoms with Crippen molar-refractivity contribution in [2.45, 2.75) is 83.8 Å². The van der Waals surface area contributed by atoms with Gasteiger partial charge in [-0.2, -0.15) is 0 Å². The van der Waals surface area contributed by atoms with Crippen LogP contribution in [0.1, 0.15) is 76.3 Å². The van der Waals surface area contributed by atoms with Crippen molar-refractivity contribution in [2.24, 2.45) is 0 Å². The van der Waals surface area contributed by atoms with Gasteiger partial charge in [0.2, 0.25) is 5.91 Å². The lowest BCUT2D eigenvalue weighted by Gasteiger charge is -2.33. The maximum absolute atomic E-state index is 13.5. The fourth-order valence-corrected chi connectivity index (χ4v) is 4.74. The van der Waals surface area contributed by atoms with Crippen LogP contribution in [0.25, 0.3) is 0 Å². The van der Waals surface area contributed by atoms with E-state index in [4.69, 9.17) is 9.47 Å². The Morgan fingerprint density at radius 1 is 1.06 bits per heavy atom. The Balaban J connectivity index is 1.80. The molecule has 0 bridgehead atoms. The Bertz CT molecular complexity index is 969. The van der Waals surface area contributed by atoms with Crippen molar-refractivity contribution in [2.75, 3.05) is 13.7 Å². The van der Waals surface area contributed by atoms with E-state index in [1.165, 1.54) is 6.42 Å². The summed E-state index contributed by atoms with van der Waals surface area (Å²) in [5, 5.41) is 3.21. The van der Waals surface area contributed by atoms with Gasteiger partial charge in [0, 0.05) is 12.6 Å². The molecule has 1 unspecified atom stereocenters. The highest BCUT2D eigenvalue weighted by molar-refractivity contribution is 5.88. The molecule has 6 heteroatoms. The molecule has 1 atom stereocenters. The summed E-state index contributed by atoms with van der Waals surface area (Å²) >= 11 is 0. The Labute approximate surface area is 210 Å². The second-order valence-corrected chi connectivity index (χ2v) is 9.62. The smallest absolute Gasteiger partial charge is 0.261 e. The van der Waals surface area contributed by atoms with E-state index < -0.39 is 6.04 Å². The average Bonchev–Trinajstić information content (AvgIpc) is 2.88. The second kappa shape index (κ2) is 13.2. The van der Waals surface area contributed by atoms with E-state index in [0.29, 0.717) is 18.7 Å².